The summed E-state index contributed by atoms with van der Waals surface area (Å²) in [4.78, 5) is 11.2. The number of anilines is 1. The van der Waals surface area contributed by atoms with E-state index in [-0.39, 0.29) is 10.6 Å². The van der Waals surface area contributed by atoms with Gasteiger partial charge in [0.2, 0.25) is 10.0 Å². The Morgan fingerprint density at radius 1 is 1.42 bits per heavy atom. The quantitative estimate of drug-likeness (QED) is 0.917. The Morgan fingerprint density at radius 2 is 2.00 bits per heavy atom. The summed E-state index contributed by atoms with van der Waals surface area (Å²) in [7, 11) is -2.08. The van der Waals surface area contributed by atoms with Crippen molar-refractivity contribution in [3.63, 3.8) is 0 Å². The predicted octanol–water partition coefficient (Wildman–Crippen LogP) is 1.86. The highest BCUT2D eigenvalue weighted by atomic mass is 32.2. The van der Waals surface area contributed by atoms with E-state index in [0.29, 0.717) is 18.5 Å². The van der Waals surface area contributed by atoms with Crippen LogP contribution in [0.4, 0.5) is 5.00 Å². The average Bonchev–Trinajstić information content (AvgIpc) is 2.96. The number of aromatic nitrogens is 1. The van der Waals surface area contributed by atoms with Crippen LogP contribution in [0.25, 0.3) is 0 Å². The molecule has 0 aromatic carbocycles. The summed E-state index contributed by atoms with van der Waals surface area (Å²) >= 11 is 0.914. The van der Waals surface area contributed by atoms with Crippen LogP contribution in [0.5, 0.6) is 0 Å². The van der Waals surface area contributed by atoms with E-state index < -0.39 is 21.2 Å². The molecule has 19 heavy (non-hydrogen) atoms. The van der Waals surface area contributed by atoms with E-state index in [4.69, 9.17) is 5.11 Å². The molecule has 2 rings (SSSR count). The Labute approximate surface area is 116 Å². The Balaban J connectivity index is 2.39. The van der Waals surface area contributed by atoms with Crippen molar-refractivity contribution in [2.24, 2.45) is 0 Å². The molecule has 1 heterocycles. The van der Waals surface area contributed by atoms with Gasteiger partial charge in [-0.05, 0) is 31.3 Å². The van der Waals surface area contributed by atoms with Gasteiger partial charge >= 0.3 is 5.97 Å². The molecule has 0 radical (unpaired) electrons. The van der Waals surface area contributed by atoms with Crippen molar-refractivity contribution in [1.29, 1.82) is 0 Å². The molecule has 8 heteroatoms. The Bertz CT molecular complexity index is 588. The summed E-state index contributed by atoms with van der Waals surface area (Å²) < 4.78 is 29.9. The van der Waals surface area contributed by atoms with Gasteiger partial charge in [0, 0.05) is 7.05 Å². The molecule has 1 saturated carbocycles. The lowest BCUT2D eigenvalue weighted by atomic mass is 10.2. The lowest BCUT2D eigenvalue weighted by molar-refractivity contribution is 0.0697. The highest BCUT2D eigenvalue weighted by Gasteiger charge is 2.35. The van der Waals surface area contributed by atoms with Crippen molar-refractivity contribution < 1.29 is 18.3 Å². The van der Waals surface area contributed by atoms with Crippen LogP contribution in [0.2, 0.25) is 0 Å². The van der Waals surface area contributed by atoms with Crippen LogP contribution in [0, 0.1) is 6.92 Å². The molecule has 0 unspecified atom stereocenters. The van der Waals surface area contributed by atoms with E-state index >= 15 is 0 Å². The number of carboxylic acids is 1. The van der Waals surface area contributed by atoms with Crippen molar-refractivity contribution in [2.75, 3.05) is 11.4 Å². The number of hydrogen-bond donors (Lipinski definition) is 1. The molecular weight excluding hydrogens is 288 g/mol. The third kappa shape index (κ3) is 2.46. The summed E-state index contributed by atoms with van der Waals surface area (Å²) in [6, 6.07) is 0. The average molecular weight is 304 g/mol. The largest absolute Gasteiger partial charge is 0.478 e. The number of carboxylic acid groups (broad SMARTS) is 1. The predicted molar refractivity (Wildman–Crippen MR) is 73.4 cm³/mol. The van der Waals surface area contributed by atoms with Gasteiger partial charge in [-0.2, -0.15) is 4.37 Å². The van der Waals surface area contributed by atoms with Gasteiger partial charge < -0.3 is 5.11 Å². The maximum atomic E-state index is 12.4. The molecule has 1 aliphatic carbocycles. The number of hydrogen-bond acceptors (Lipinski definition) is 5. The zero-order chi connectivity index (χ0) is 14.2. The third-order valence-corrected chi connectivity index (χ3v) is 6.84. The second-order valence-corrected chi connectivity index (χ2v) is 7.67. The SMILES string of the molecule is Cc1nsc(N(C)S(=O)(=O)C2CCCC2)c1C(=O)O. The first kappa shape index (κ1) is 14.3. The van der Waals surface area contributed by atoms with Crippen LogP contribution < -0.4 is 4.31 Å². The van der Waals surface area contributed by atoms with Gasteiger partial charge in [-0.15, -0.1) is 0 Å². The van der Waals surface area contributed by atoms with Crippen LogP contribution >= 0.6 is 11.5 Å². The molecular formula is C11H16N2O4S2. The van der Waals surface area contributed by atoms with E-state index in [2.05, 4.69) is 4.37 Å². The fourth-order valence-corrected chi connectivity index (χ4v) is 5.21. The lowest BCUT2D eigenvalue weighted by Crippen LogP contribution is -2.35. The Kier molecular flexibility index (Phi) is 3.82. The van der Waals surface area contributed by atoms with Gasteiger partial charge in [0.05, 0.1) is 10.9 Å². The molecule has 0 atom stereocenters. The molecule has 1 N–H and O–H groups in total. The summed E-state index contributed by atoms with van der Waals surface area (Å²) in [5.74, 6) is -1.14. The van der Waals surface area contributed by atoms with Crippen LogP contribution in [-0.2, 0) is 10.0 Å². The molecule has 0 aliphatic heterocycles. The maximum absolute atomic E-state index is 12.4. The van der Waals surface area contributed by atoms with Crippen LogP contribution in [0.1, 0.15) is 41.7 Å². The number of sulfonamides is 1. The van der Waals surface area contributed by atoms with Crippen molar-refractivity contribution in [1.82, 2.24) is 4.37 Å². The monoisotopic (exact) mass is 304 g/mol. The highest BCUT2D eigenvalue weighted by Crippen LogP contribution is 2.34. The van der Waals surface area contributed by atoms with Gasteiger partial charge in [0.25, 0.3) is 0 Å². The number of aryl methyl sites for hydroxylation is 1. The second kappa shape index (κ2) is 5.09. The zero-order valence-electron chi connectivity index (χ0n) is 10.8. The van der Waals surface area contributed by atoms with Crippen molar-refractivity contribution in [3.8, 4) is 0 Å². The third-order valence-electron chi connectivity index (χ3n) is 3.45. The zero-order valence-corrected chi connectivity index (χ0v) is 12.4. The van der Waals surface area contributed by atoms with E-state index in [9.17, 15) is 13.2 Å². The Hall–Kier alpha value is -1.15. The number of nitrogens with zero attached hydrogens (tertiary/aromatic N) is 2. The van der Waals surface area contributed by atoms with Crippen LogP contribution in [0.3, 0.4) is 0 Å². The fourth-order valence-electron chi connectivity index (χ4n) is 2.34. The summed E-state index contributed by atoms with van der Waals surface area (Å²) in [6.07, 6.45) is 3.11. The van der Waals surface area contributed by atoms with Crippen molar-refractivity contribution in [2.45, 2.75) is 37.9 Å². The van der Waals surface area contributed by atoms with E-state index in [0.717, 1.165) is 28.7 Å². The summed E-state index contributed by atoms with van der Waals surface area (Å²) in [5, 5.41) is 8.95. The molecule has 106 valence electrons. The second-order valence-electron chi connectivity index (χ2n) is 4.67. The molecule has 1 aliphatic rings. The Morgan fingerprint density at radius 3 is 2.53 bits per heavy atom. The van der Waals surface area contributed by atoms with Crippen LogP contribution in [0.15, 0.2) is 0 Å². The van der Waals surface area contributed by atoms with E-state index in [1.165, 1.54) is 7.05 Å². The highest BCUT2D eigenvalue weighted by molar-refractivity contribution is 7.93. The van der Waals surface area contributed by atoms with Gasteiger partial charge in [-0.1, -0.05) is 12.8 Å². The van der Waals surface area contributed by atoms with E-state index in [1.54, 1.807) is 6.92 Å². The molecule has 0 bridgehead atoms. The van der Waals surface area contributed by atoms with Crippen LogP contribution in [-0.4, -0.2) is 36.2 Å². The summed E-state index contributed by atoms with van der Waals surface area (Å²) in [5.41, 5.74) is 0.329. The first-order valence-corrected chi connectivity index (χ1v) is 8.30. The minimum atomic E-state index is -3.49. The molecule has 0 amide bonds. The maximum Gasteiger partial charge on any atom is 0.340 e. The first-order valence-electron chi connectivity index (χ1n) is 6.03. The molecule has 0 spiro atoms. The molecule has 1 fully saturated rings. The number of rotatable bonds is 4. The fraction of sp³-hybridized carbons (Fsp3) is 0.636. The molecule has 1 aromatic rings. The number of carbonyl (C=O) groups is 1. The molecule has 0 saturated heterocycles. The van der Waals surface area contributed by atoms with Gasteiger partial charge in [-0.25, -0.2) is 13.2 Å². The topological polar surface area (TPSA) is 87.6 Å². The normalized spacial score (nSPS) is 16.7. The van der Waals surface area contributed by atoms with Gasteiger partial charge in [0.15, 0.2) is 0 Å². The minimum absolute atomic E-state index is 0.0194. The van der Waals surface area contributed by atoms with Crippen molar-refractivity contribution >= 4 is 32.5 Å². The number of aromatic carboxylic acids is 1. The minimum Gasteiger partial charge on any atom is -0.478 e. The smallest absolute Gasteiger partial charge is 0.340 e. The molecule has 1 aromatic heterocycles. The van der Waals surface area contributed by atoms with Gasteiger partial charge in [0.1, 0.15) is 10.6 Å². The standard InChI is InChI=1S/C11H16N2O4S2/c1-7-9(11(14)15)10(18-12-7)13(2)19(16,17)8-5-3-4-6-8/h8H,3-6H2,1-2H3,(H,14,15). The van der Waals surface area contributed by atoms with E-state index in [1.807, 2.05) is 0 Å². The lowest BCUT2D eigenvalue weighted by Gasteiger charge is -2.22. The summed E-state index contributed by atoms with van der Waals surface area (Å²) in [6.45, 7) is 1.57. The first-order chi connectivity index (χ1) is 8.85. The molecule has 6 nitrogen and oxygen atoms in total. The van der Waals surface area contributed by atoms with Crippen molar-refractivity contribution in [3.05, 3.63) is 11.3 Å². The van der Waals surface area contributed by atoms with Gasteiger partial charge in [-0.3, -0.25) is 4.31 Å².